The summed E-state index contributed by atoms with van der Waals surface area (Å²) in [6, 6.07) is 24.1. The first kappa shape index (κ1) is 24.9. The Morgan fingerprint density at radius 1 is 0.974 bits per heavy atom. The molecular formula is C31H27N5O2S. The first-order chi connectivity index (χ1) is 18.9. The van der Waals surface area contributed by atoms with Gasteiger partial charge in [-0.1, -0.05) is 60.2 Å². The van der Waals surface area contributed by atoms with Crippen LogP contribution >= 0.6 is 11.8 Å². The normalized spacial score (nSPS) is 16.1. The van der Waals surface area contributed by atoms with Crippen LogP contribution in [0.3, 0.4) is 0 Å². The summed E-state index contributed by atoms with van der Waals surface area (Å²) in [5, 5.41) is 17.1. The van der Waals surface area contributed by atoms with Crippen LogP contribution < -0.4 is 4.74 Å². The Bertz CT molecular complexity index is 1730. The molecule has 0 spiro atoms. The van der Waals surface area contributed by atoms with Crippen LogP contribution in [0.2, 0.25) is 0 Å². The van der Waals surface area contributed by atoms with Gasteiger partial charge in [-0.2, -0.15) is 15.1 Å². The summed E-state index contributed by atoms with van der Waals surface area (Å²) in [5.74, 6) is 0.437. The molecule has 0 saturated heterocycles. The lowest BCUT2D eigenvalue weighted by Gasteiger charge is -2.20. The van der Waals surface area contributed by atoms with Gasteiger partial charge in [0.15, 0.2) is 5.84 Å². The number of aliphatic imine (C=N–C) groups is 1. The fourth-order valence-corrected chi connectivity index (χ4v) is 5.73. The van der Waals surface area contributed by atoms with Crippen LogP contribution in [-0.2, 0) is 11.3 Å². The number of hydrogen-bond acceptors (Lipinski definition) is 5. The maximum Gasteiger partial charge on any atom is 0.283 e. The number of hydrogen-bond donors (Lipinski definition) is 1. The number of benzene rings is 3. The molecule has 0 aliphatic carbocycles. The molecule has 3 aromatic carbocycles. The van der Waals surface area contributed by atoms with Gasteiger partial charge in [0.1, 0.15) is 17.4 Å². The molecule has 0 unspecified atom stereocenters. The van der Waals surface area contributed by atoms with Crippen LogP contribution in [0.25, 0.3) is 17.0 Å². The summed E-state index contributed by atoms with van der Waals surface area (Å²) in [5.41, 5.74) is 6.39. The zero-order valence-electron chi connectivity index (χ0n) is 21.9. The molecule has 2 aliphatic heterocycles. The van der Waals surface area contributed by atoms with E-state index in [2.05, 4.69) is 20.7 Å². The molecule has 4 aromatic rings. The summed E-state index contributed by atoms with van der Waals surface area (Å²) >= 11 is 1.31. The van der Waals surface area contributed by atoms with Crippen molar-refractivity contribution >= 4 is 50.7 Å². The van der Waals surface area contributed by atoms with Crippen molar-refractivity contribution in [2.24, 2.45) is 10.1 Å². The minimum atomic E-state index is -0.432. The van der Waals surface area contributed by atoms with Crippen molar-refractivity contribution in [1.29, 1.82) is 5.41 Å². The third-order valence-electron chi connectivity index (χ3n) is 6.89. The lowest BCUT2D eigenvalue weighted by molar-refractivity contribution is -0.114. The standard InChI is InChI=1S/C31H27N5O2S/c1-19-11-13-22(14-12-19)30-34-36-28(32)26(29(37)33-31(36)39-30)18-25-21(3)35(27-10-5-4-9-24(25)27)15-16-38-23-8-6-7-20(2)17-23/h4-14,17-18,32H,15-16H2,1-3H3/b26-18-,32-28?. The number of carbonyl (C=O) groups excluding carboxylic acids is 1. The molecule has 6 rings (SSSR count). The maximum absolute atomic E-state index is 13.1. The van der Waals surface area contributed by atoms with Crippen molar-refractivity contribution in [1.82, 2.24) is 9.58 Å². The highest BCUT2D eigenvalue weighted by Gasteiger charge is 2.36. The quantitative estimate of drug-likeness (QED) is 0.294. The smallest absolute Gasteiger partial charge is 0.283 e. The molecule has 0 bridgehead atoms. The van der Waals surface area contributed by atoms with Gasteiger partial charge < -0.3 is 9.30 Å². The second-order valence-corrected chi connectivity index (χ2v) is 10.6. The van der Waals surface area contributed by atoms with Gasteiger partial charge in [-0.05, 0) is 62.4 Å². The molecular weight excluding hydrogens is 506 g/mol. The predicted octanol–water partition coefficient (Wildman–Crippen LogP) is 6.31. The number of para-hydroxylation sites is 1. The van der Waals surface area contributed by atoms with Crippen molar-refractivity contribution in [2.45, 2.75) is 27.3 Å². The van der Waals surface area contributed by atoms with Crippen molar-refractivity contribution in [3.8, 4) is 5.75 Å². The summed E-state index contributed by atoms with van der Waals surface area (Å²) in [4.78, 5) is 17.4. The van der Waals surface area contributed by atoms with Gasteiger partial charge in [-0.25, -0.2) is 0 Å². The molecule has 7 nitrogen and oxygen atoms in total. The van der Waals surface area contributed by atoms with Crippen LogP contribution in [0.5, 0.6) is 5.75 Å². The van der Waals surface area contributed by atoms with E-state index in [9.17, 15) is 4.79 Å². The van der Waals surface area contributed by atoms with E-state index in [1.807, 2.05) is 87.5 Å². The third-order valence-corrected chi connectivity index (χ3v) is 7.85. The van der Waals surface area contributed by atoms with Gasteiger partial charge >= 0.3 is 0 Å². The molecule has 0 saturated carbocycles. The summed E-state index contributed by atoms with van der Waals surface area (Å²) in [7, 11) is 0. The topological polar surface area (TPSA) is 83.0 Å². The number of hydrazone groups is 1. The number of thioether (sulfide) groups is 1. The number of amidine groups is 2. The Morgan fingerprint density at radius 2 is 1.77 bits per heavy atom. The Balaban J connectivity index is 1.31. The van der Waals surface area contributed by atoms with Gasteiger partial charge in [0.2, 0.25) is 5.17 Å². The lowest BCUT2D eigenvalue weighted by atomic mass is 10.1. The number of nitrogens with one attached hydrogen (secondary N) is 1. The van der Waals surface area contributed by atoms with Crippen LogP contribution in [0, 0.1) is 26.2 Å². The van der Waals surface area contributed by atoms with E-state index < -0.39 is 5.91 Å². The van der Waals surface area contributed by atoms with E-state index >= 15 is 0 Å². The largest absolute Gasteiger partial charge is 0.492 e. The summed E-state index contributed by atoms with van der Waals surface area (Å²) < 4.78 is 8.22. The number of amides is 1. The van der Waals surface area contributed by atoms with Crippen LogP contribution in [0.15, 0.2) is 88.5 Å². The minimum Gasteiger partial charge on any atom is -0.492 e. The first-order valence-electron chi connectivity index (χ1n) is 12.7. The Hall–Kier alpha value is -4.43. The fraction of sp³-hybridized carbons (Fsp3) is 0.161. The maximum atomic E-state index is 13.1. The number of fused-ring (bicyclic) bond motifs is 2. The summed E-state index contributed by atoms with van der Waals surface area (Å²) in [6.07, 6.45) is 1.78. The summed E-state index contributed by atoms with van der Waals surface area (Å²) in [6.45, 7) is 7.25. The molecule has 1 N–H and O–H groups in total. The fourth-order valence-electron chi connectivity index (χ4n) is 4.84. The van der Waals surface area contributed by atoms with Crippen LogP contribution in [0.1, 0.15) is 27.9 Å². The minimum absolute atomic E-state index is 0.0265. The first-order valence-corrected chi connectivity index (χ1v) is 13.6. The van der Waals surface area contributed by atoms with E-state index in [0.717, 1.165) is 44.6 Å². The molecule has 194 valence electrons. The van der Waals surface area contributed by atoms with Gasteiger partial charge in [-0.3, -0.25) is 10.2 Å². The predicted molar refractivity (Wildman–Crippen MR) is 159 cm³/mol. The Labute approximate surface area is 231 Å². The Kier molecular flexibility index (Phi) is 6.40. The van der Waals surface area contributed by atoms with Crippen molar-refractivity contribution in [2.75, 3.05) is 6.61 Å². The highest BCUT2D eigenvalue weighted by atomic mass is 32.2. The van der Waals surface area contributed by atoms with E-state index in [-0.39, 0.29) is 11.4 Å². The number of rotatable bonds is 6. The van der Waals surface area contributed by atoms with Crippen molar-refractivity contribution in [3.05, 3.63) is 106 Å². The van der Waals surface area contributed by atoms with Crippen LogP contribution in [0.4, 0.5) is 0 Å². The second kappa shape index (κ2) is 10.0. The molecule has 39 heavy (non-hydrogen) atoms. The zero-order chi connectivity index (χ0) is 27.1. The molecule has 0 atom stereocenters. The monoisotopic (exact) mass is 533 g/mol. The van der Waals surface area contributed by atoms with E-state index in [0.29, 0.717) is 23.4 Å². The number of aryl methyl sites for hydroxylation is 2. The van der Waals surface area contributed by atoms with Gasteiger partial charge in [0, 0.05) is 27.7 Å². The molecule has 8 heteroatoms. The highest BCUT2D eigenvalue weighted by molar-refractivity contribution is 8.27. The number of carbonyl (C=O) groups is 1. The molecule has 2 aliphatic rings. The van der Waals surface area contributed by atoms with E-state index in [4.69, 9.17) is 10.1 Å². The molecule has 0 fully saturated rings. The van der Waals surface area contributed by atoms with Crippen LogP contribution in [-0.4, -0.2) is 38.1 Å². The Morgan fingerprint density at radius 3 is 2.56 bits per heavy atom. The van der Waals surface area contributed by atoms with E-state index in [1.54, 1.807) is 6.08 Å². The average molecular weight is 534 g/mol. The average Bonchev–Trinajstić information content (AvgIpc) is 3.46. The van der Waals surface area contributed by atoms with Crippen molar-refractivity contribution < 1.29 is 9.53 Å². The number of nitrogens with zero attached hydrogens (tertiary/aromatic N) is 4. The number of aromatic nitrogens is 1. The van der Waals surface area contributed by atoms with E-state index in [1.165, 1.54) is 16.8 Å². The highest BCUT2D eigenvalue weighted by Crippen LogP contribution is 2.33. The van der Waals surface area contributed by atoms with Gasteiger partial charge in [0.05, 0.1) is 12.1 Å². The van der Waals surface area contributed by atoms with Crippen molar-refractivity contribution in [3.63, 3.8) is 0 Å². The molecule has 1 aromatic heterocycles. The second-order valence-electron chi connectivity index (χ2n) is 9.62. The molecule has 3 heterocycles. The van der Waals surface area contributed by atoms with Gasteiger partial charge in [-0.15, -0.1) is 0 Å². The number of ether oxygens (including phenoxy) is 1. The lowest BCUT2D eigenvalue weighted by Crippen LogP contribution is -2.35. The third kappa shape index (κ3) is 4.68. The SMILES string of the molecule is Cc1ccc(C2=NN3C(=N)/C(=C/c4c(C)n(CCOc5cccc(C)c5)c5ccccc45)C(=O)N=C3S2)cc1. The molecule has 1 amide bonds. The molecule has 0 radical (unpaired) electrons. The zero-order valence-corrected chi connectivity index (χ0v) is 22.7. The van der Waals surface area contributed by atoms with Gasteiger partial charge in [0.25, 0.3) is 5.91 Å².